The topological polar surface area (TPSA) is 49.4 Å². The zero-order valence-corrected chi connectivity index (χ0v) is 15.0. The minimum Gasteiger partial charge on any atom is -0.326 e. The SMILES string of the molecule is CC(=O)N1C=Cc2ccccc2[C@H]1CC(=O)Nc1ccc(Cl)c(Cl)c1. The Labute approximate surface area is 156 Å². The molecule has 1 aliphatic heterocycles. The van der Waals surface area contributed by atoms with Gasteiger partial charge in [0.15, 0.2) is 0 Å². The highest BCUT2D eigenvalue weighted by Crippen LogP contribution is 2.33. The van der Waals surface area contributed by atoms with Gasteiger partial charge in [-0.25, -0.2) is 0 Å². The number of fused-ring (bicyclic) bond motifs is 1. The van der Waals surface area contributed by atoms with Crippen LogP contribution in [-0.2, 0) is 9.59 Å². The molecule has 0 radical (unpaired) electrons. The first kappa shape index (κ1) is 17.5. The van der Waals surface area contributed by atoms with Crippen LogP contribution in [0, 0.1) is 0 Å². The van der Waals surface area contributed by atoms with Gasteiger partial charge < -0.3 is 10.2 Å². The van der Waals surface area contributed by atoms with Gasteiger partial charge in [0.1, 0.15) is 0 Å². The molecule has 0 unspecified atom stereocenters. The third-order valence-electron chi connectivity index (χ3n) is 4.05. The van der Waals surface area contributed by atoms with E-state index >= 15 is 0 Å². The summed E-state index contributed by atoms with van der Waals surface area (Å²) in [5, 5.41) is 3.60. The second-order valence-corrected chi connectivity index (χ2v) is 6.58. The first-order valence-electron chi connectivity index (χ1n) is 7.76. The molecule has 3 rings (SSSR count). The molecule has 0 spiro atoms. The third kappa shape index (κ3) is 3.86. The summed E-state index contributed by atoms with van der Waals surface area (Å²) in [5.74, 6) is -0.321. The van der Waals surface area contributed by atoms with E-state index in [0.717, 1.165) is 11.1 Å². The number of carbonyl (C=O) groups is 2. The molecule has 0 saturated carbocycles. The Bertz CT molecular complexity index is 864. The van der Waals surface area contributed by atoms with E-state index < -0.39 is 0 Å². The molecule has 0 saturated heterocycles. The van der Waals surface area contributed by atoms with Crippen LogP contribution in [0.2, 0.25) is 10.0 Å². The Kier molecular flexibility index (Phi) is 5.11. The number of nitrogens with zero attached hydrogens (tertiary/aromatic N) is 1. The maximum absolute atomic E-state index is 12.5. The molecule has 25 heavy (non-hydrogen) atoms. The van der Waals surface area contributed by atoms with Crippen molar-refractivity contribution in [2.75, 3.05) is 5.32 Å². The number of rotatable bonds is 3. The number of benzene rings is 2. The lowest BCUT2D eigenvalue weighted by molar-refractivity contribution is -0.129. The molecular weight excluding hydrogens is 359 g/mol. The molecule has 2 aromatic rings. The number of hydrogen-bond donors (Lipinski definition) is 1. The molecule has 2 aromatic carbocycles. The van der Waals surface area contributed by atoms with E-state index in [4.69, 9.17) is 23.2 Å². The van der Waals surface area contributed by atoms with E-state index in [1.165, 1.54) is 6.92 Å². The van der Waals surface area contributed by atoms with Crippen LogP contribution in [-0.4, -0.2) is 16.7 Å². The van der Waals surface area contributed by atoms with Gasteiger partial charge in [0.2, 0.25) is 11.8 Å². The summed E-state index contributed by atoms with van der Waals surface area (Å²) in [7, 11) is 0. The average molecular weight is 375 g/mol. The Morgan fingerprint density at radius 2 is 1.88 bits per heavy atom. The van der Waals surface area contributed by atoms with Crippen LogP contribution in [0.3, 0.4) is 0 Å². The summed E-state index contributed by atoms with van der Waals surface area (Å²) in [6.45, 7) is 1.49. The Morgan fingerprint density at radius 3 is 2.60 bits per heavy atom. The minimum atomic E-state index is -0.346. The summed E-state index contributed by atoms with van der Waals surface area (Å²) in [6.07, 6.45) is 3.74. The van der Waals surface area contributed by atoms with Crippen molar-refractivity contribution in [3.8, 4) is 0 Å². The minimum absolute atomic E-state index is 0.113. The molecule has 1 heterocycles. The molecule has 1 aliphatic rings. The number of amides is 2. The fourth-order valence-corrected chi connectivity index (χ4v) is 3.17. The van der Waals surface area contributed by atoms with Crippen molar-refractivity contribution in [3.63, 3.8) is 0 Å². The summed E-state index contributed by atoms with van der Waals surface area (Å²) in [4.78, 5) is 26.0. The highest BCUT2D eigenvalue weighted by Gasteiger charge is 2.28. The third-order valence-corrected chi connectivity index (χ3v) is 4.79. The smallest absolute Gasteiger partial charge is 0.226 e. The summed E-state index contributed by atoms with van der Waals surface area (Å²) >= 11 is 11.9. The molecule has 6 heteroatoms. The normalized spacial score (nSPS) is 15.6. The van der Waals surface area contributed by atoms with Crippen molar-refractivity contribution in [3.05, 3.63) is 69.8 Å². The van der Waals surface area contributed by atoms with Gasteiger partial charge >= 0.3 is 0 Å². The lowest BCUT2D eigenvalue weighted by Gasteiger charge is -2.32. The van der Waals surface area contributed by atoms with E-state index in [-0.39, 0.29) is 24.3 Å². The first-order valence-corrected chi connectivity index (χ1v) is 8.52. The van der Waals surface area contributed by atoms with Crippen LogP contribution in [0.15, 0.2) is 48.7 Å². The molecular formula is C19H16Cl2N2O2. The van der Waals surface area contributed by atoms with Gasteiger partial charge in [0.05, 0.1) is 22.5 Å². The van der Waals surface area contributed by atoms with Crippen LogP contribution in [0.5, 0.6) is 0 Å². The van der Waals surface area contributed by atoms with Crippen molar-refractivity contribution in [2.45, 2.75) is 19.4 Å². The van der Waals surface area contributed by atoms with Crippen molar-refractivity contribution in [2.24, 2.45) is 0 Å². The van der Waals surface area contributed by atoms with Gasteiger partial charge in [-0.2, -0.15) is 0 Å². The Hall–Kier alpha value is -2.30. The van der Waals surface area contributed by atoms with Gasteiger partial charge in [-0.05, 0) is 35.4 Å². The van der Waals surface area contributed by atoms with Gasteiger partial charge in [-0.3, -0.25) is 9.59 Å². The van der Waals surface area contributed by atoms with E-state index in [0.29, 0.717) is 15.7 Å². The van der Waals surface area contributed by atoms with Crippen LogP contribution in [0.4, 0.5) is 5.69 Å². The molecule has 0 aromatic heterocycles. The number of anilines is 1. The van der Waals surface area contributed by atoms with Crippen molar-refractivity contribution in [1.29, 1.82) is 0 Å². The molecule has 128 valence electrons. The first-order chi connectivity index (χ1) is 12.0. The largest absolute Gasteiger partial charge is 0.326 e. The van der Waals surface area contributed by atoms with Crippen LogP contribution in [0.1, 0.15) is 30.5 Å². The van der Waals surface area contributed by atoms with Crippen LogP contribution < -0.4 is 5.32 Å². The van der Waals surface area contributed by atoms with Crippen LogP contribution in [0.25, 0.3) is 6.08 Å². The van der Waals surface area contributed by atoms with Gasteiger partial charge in [0, 0.05) is 18.8 Å². The quantitative estimate of drug-likeness (QED) is 0.830. The molecule has 4 nitrogen and oxygen atoms in total. The number of hydrogen-bond acceptors (Lipinski definition) is 2. The van der Waals surface area contributed by atoms with Gasteiger partial charge in [-0.1, -0.05) is 47.5 Å². The highest BCUT2D eigenvalue weighted by molar-refractivity contribution is 6.42. The predicted molar refractivity (Wildman–Crippen MR) is 100 cm³/mol. The van der Waals surface area contributed by atoms with E-state index in [9.17, 15) is 9.59 Å². The summed E-state index contributed by atoms with van der Waals surface area (Å²) in [5.41, 5.74) is 2.52. The highest BCUT2D eigenvalue weighted by atomic mass is 35.5. The van der Waals surface area contributed by atoms with Crippen LogP contribution >= 0.6 is 23.2 Å². The molecule has 1 atom stereocenters. The fraction of sp³-hybridized carbons (Fsp3) is 0.158. The standard InChI is InChI=1S/C19H16Cl2N2O2/c1-12(24)23-9-8-13-4-2-3-5-15(13)18(23)11-19(25)22-14-6-7-16(20)17(21)10-14/h2-10,18H,11H2,1H3,(H,22,25)/t18-/m1/s1. The van der Waals surface area contributed by atoms with E-state index in [2.05, 4.69) is 5.32 Å². The molecule has 0 fully saturated rings. The van der Waals surface area contributed by atoms with Crippen molar-refractivity contribution < 1.29 is 9.59 Å². The van der Waals surface area contributed by atoms with Crippen molar-refractivity contribution in [1.82, 2.24) is 4.90 Å². The monoisotopic (exact) mass is 374 g/mol. The summed E-state index contributed by atoms with van der Waals surface area (Å²) in [6, 6.07) is 12.3. The second-order valence-electron chi connectivity index (χ2n) is 5.77. The zero-order valence-electron chi connectivity index (χ0n) is 13.5. The maximum Gasteiger partial charge on any atom is 0.226 e. The van der Waals surface area contributed by atoms with E-state index in [1.54, 1.807) is 29.3 Å². The fourth-order valence-electron chi connectivity index (χ4n) is 2.87. The molecule has 0 aliphatic carbocycles. The van der Waals surface area contributed by atoms with Gasteiger partial charge in [-0.15, -0.1) is 0 Å². The zero-order chi connectivity index (χ0) is 18.0. The Balaban J connectivity index is 1.81. The van der Waals surface area contributed by atoms with Crippen molar-refractivity contribution >= 4 is 46.8 Å². The number of halogens is 2. The molecule has 0 bridgehead atoms. The maximum atomic E-state index is 12.5. The lowest BCUT2D eigenvalue weighted by Crippen LogP contribution is -2.33. The predicted octanol–water partition coefficient (Wildman–Crippen LogP) is 4.90. The Morgan fingerprint density at radius 1 is 1.12 bits per heavy atom. The second kappa shape index (κ2) is 7.30. The molecule has 2 amide bonds. The lowest BCUT2D eigenvalue weighted by atomic mass is 9.93. The average Bonchev–Trinajstić information content (AvgIpc) is 2.58. The number of carbonyl (C=O) groups excluding carboxylic acids is 2. The number of nitrogens with one attached hydrogen (secondary N) is 1. The summed E-state index contributed by atoms with van der Waals surface area (Å²) < 4.78 is 0. The van der Waals surface area contributed by atoms with Gasteiger partial charge in [0.25, 0.3) is 0 Å². The van der Waals surface area contributed by atoms with E-state index in [1.807, 2.05) is 30.3 Å². The molecule has 1 N–H and O–H groups in total.